The van der Waals surface area contributed by atoms with Gasteiger partial charge in [0.1, 0.15) is 22.5 Å². The Kier molecular flexibility index (Phi) is 5.25. The van der Waals surface area contributed by atoms with Gasteiger partial charge >= 0.3 is 0 Å². The van der Waals surface area contributed by atoms with Crippen molar-refractivity contribution in [1.82, 2.24) is 4.98 Å². The number of ether oxygens (including phenoxy) is 1. The molecule has 0 aliphatic carbocycles. The number of nitrogens with one attached hydrogen (secondary N) is 2. The summed E-state index contributed by atoms with van der Waals surface area (Å²) < 4.78 is 5.10. The lowest BCUT2D eigenvalue weighted by Crippen LogP contribution is -2.17. The lowest BCUT2D eigenvalue weighted by Gasteiger charge is -2.13. The molecule has 0 spiro atoms. The number of carbonyl (C=O) groups is 1. The Labute approximate surface area is 149 Å². The molecule has 1 aromatic heterocycles. The number of aromatic nitrogens is 1. The SMILES string of the molecule is COc1nc(C(=O)Nc2ccc(N)c(C(=N)Cl)c2)c(C)c(C)c1C#N. The zero-order valence-electron chi connectivity index (χ0n) is 13.9. The summed E-state index contributed by atoms with van der Waals surface area (Å²) in [5.74, 6) is -0.378. The molecule has 0 unspecified atom stereocenters. The molecule has 0 saturated carbocycles. The number of rotatable bonds is 4. The highest BCUT2D eigenvalue weighted by Gasteiger charge is 2.20. The van der Waals surface area contributed by atoms with E-state index in [-0.39, 0.29) is 16.7 Å². The molecule has 2 rings (SSSR count). The number of nitrogen functional groups attached to an aromatic ring is 1. The highest BCUT2D eigenvalue weighted by atomic mass is 35.5. The van der Waals surface area contributed by atoms with Crippen molar-refractivity contribution in [3.63, 3.8) is 0 Å². The molecule has 0 saturated heterocycles. The summed E-state index contributed by atoms with van der Waals surface area (Å²) in [7, 11) is 1.39. The van der Waals surface area contributed by atoms with E-state index >= 15 is 0 Å². The fourth-order valence-electron chi connectivity index (χ4n) is 2.28. The Hall–Kier alpha value is -3.11. The number of hydrogen-bond donors (Lipinski definition) is 3. The van der Waals surface area contributed by atoms with E-state index in [0.717, 1.165) is 0 Å². The van der Waals surface area contributed by atoms with E-state index in [1.54, 1.807) is 26.0 Å². The Morgan fingerprint density at radius 1 is 1.40 bits per heavy atom. The molecule has 0 fully saturated rings. The summed E-state index contributed by atoms with van der Waals surface area (Å²) >= 11 is 5.68. The van der Waals surface area contributed by atoms with Gasteiger partial charge in [0.2, 0.25) is 5.88 Å². The monoisotopic (exact) mass is 357 g/mol. The first-order chi connectivity index (χ1) is 11.8. The highest BCUT2D eigenvalue weighted by molar-refractivity contribution is 6.69. The number of benzene rings is 1. The van der Waals surface area contributed by atoms with Gasteiger partial charge < -0.3 is 15.8 Å². The molecule has 1 amide bonds. The van der Waals surface area contributed by atoms with Gasteiger partial charge in [0.05, 0.1) is 7.11 Å². The number of hydrogen-bond acceptors (Lipinski definition) is 6. The van der Waals surface area contributed by atoms with Crippen LogP contribution in [0.4, 0.5) is 11.4 Å². The van der Waals surface area contributed by atoms with Crippen molar-refractivity contribution in [2.75, 3.05) is 18.2 Å². The second kappa shape index (κ2) is 7.20. The number of halogens is 1. The fourth-order valence-corrected chi connectivity index (χ4v) is 2.45. The second-order valence-electron chi connectivity index (χ2n) is 5.28. The van der Waals surface area contributed by atoms with E-state index in [4.69, 9.17) is 27.5 Å². The first-order valence-corrected chi connectivity index (χ1v) is 7.58. The van der Waals surface area contributed by atoms with Crippen LogP contribution in [0.15, 0.2) is 18.2 Å². The van der Waals surface area contributed by atoms with Crippen molar-refractivity contribution >= 4 is 34.1 Å². The maximum atomic E-state index is 12.6. The first kappa shape index (κ1) is 18.2. The van der Waals surface area contributed by atoms with E-state index < -0.39 is 5.91 Å². The smallest absolute Gasteiger partial charge is 0.274 e. The fraction of sp³-hybridized carbons (Fsp3) is 0.176. The van der Waals surface area contributed by atoms with Gasteiger partial charge in [0, 0.05) is 16.9 Å². The third kappa shape index (κ3) is 3.54. The molecule has 0 bridgehead atoms. The van der Waals surface area contributed by atoms with Crippen LogP contribution in [-0.4, -0.2) is 23.2 Å². The molecule has 128 valence electrons. The number of nitriles is 1. The highest BCUT2D eigenvalue weighted by Crippen LogP contribution is 2.25. The van der Waals surface area contributed by atoms with Crippen molar-refractivity contribution in [3.8, 4) is 11.9 Å². The zero-order valence-corrected chi connectivity index (χ0v) is 14.7. The van der Waals surface area contributed by atoms with Crippen LogP contribution < -0.4 is 15.8 Å². The lowest BCUT2D eigenvalue weighted by atomic mass is 10.0. The van der Waals surface area contributed by atoms with Gasteiger partial charge in [-0.05, 0) is 43.2 Å². The number of methoxy groups -OCH3 is 1. The molecule has 8 heteroatoms. The molecule has 7 nitrogen and oxygen atoms in total. The van der Waals surface area contributed by atoms with Crippen LogP contribution in [0.5, 0.6) is 5.88 Å². The number of amides is 1. The molecule has 0 aliphatic rings. The van der Waals surface area contributed by atoms with Crippen LogP contribution in [-0.2, 0) is 0 Å². The minimum absolute atomic E-state index is 0.0938. The van der Waals surface area contributed by atoms with Gasteiger partial charge in [-0.1, -0.05) is 11.6 Å². The van der Waals surface area contributed by atoms with Crippen molar-refractivity contribution in [3.05, 3.63) is 46.1 Å². The van der Waals surface area contributed by atoms with E-state index in [1.807, 2.05) is 6.07 Å². The molecule has 1 heterocycles. The van der Waals surface area contributed by atoms with Crippen LogP contribution in [0.2, 0.25) is 0 Å². The standard InChI is InChI=1S/C17H16ClN5O2/c1-8-9(2)14(23-17(25-3)12(8)7-19)16(24)22-10-4-5-13(20)11(6-10)15(18)21/h4-6,21H,20H2,1-3H3,(H,22,24). The van der Waals surface area contributed by atoms with E-state index in [2.05, 4.69) is 10.3 Å². The predicted molar refractivity (Wildman–Crippen MR) is 96.5 cm³/mol. The lowest BCUT2D eigenvalue weighted by molar-refractivity contribution is 0.102. The zero-order chi connectivity index (χ0) is 18.7. The topological polar surface area (TPSA) is 125 Å². The molecule has 0 aliphatic heterocycles. The van der Waals surface area contributed by atoms with Crippen LogP contribution in [0.25, 0.3) is 0 Å². The van der Waals surface area contributed by atoms with Crippen molar-refractivity contribution in [2.24, 2.45) is 0 Å². The largest absolute Gasteiger partial charge is 0.480 e. The Balaban J connectivity index is 2.43. The van der Waals surface area contributed by atoms with Crippen LogP contribution in [0.3, 0.4) is 0 Å². The minimum Gasteiger partial charge on any atom is -0.480 e. The third-order valence-corrected chi connectivity index (χ3v) is 3.99. The summed E-state index contributed by atoms with van der Waals surface area (Å²) in [6, 6.07) is 6.68. The number of nitrogens with two attached hydrogens (primary N) is 1. The summed E-state index contributed by atoms with van der Waals surface area (Å²) in [5.41, 5.74) is 8.46. The Morgan fingerprint density at radius 2 is 2.08 bits per heavy atom. The Morgan fingerprint density at radius 3 is 2.64 bits per heavy atom. The van der Waals surface area contributed by atoms with Gasteiger partial charge in [0.25, 0.3) is 5.91 Å². The van der Waals surface area contributed by atoms with E-state index in [9.17, 15) is 10.1 Å². The molecule has 2 aromatic rings. The molecule has 0 radical (unpaired) electrons. The predicted octanol–water partition coefficient (Wildman–Crippen LogP) is 2.98. The molecular weight excluding hydrogens is 342 g/mol. The molecule has 4 N–H and O–H groups in total. The molecule has 25 heavy (non-hydrogen) atoms. The Bertz CT molecular complexity index is 918. The van der Waals surface area contributed by atoms with E-state index in [0.29, 0.717) is 33.6 Å². The summed E-state index contributed by atoms with van der Waals surface area (Å²) in [5, 5.41) is 19.2. The second-order valence-corrected chi connectivity index (χ2v) is 5.65. The maximum Gasteiger partial charge on any atom is 0.274 e. The average Bonchev–Trinajstić information content (AvgIpc) is 2.58. The van der Waals surface area contributed by atoms with Gasteiger partial charge in [-0.3, -0.25) is 10.2 Å². The molecule has 1 aromatic carbocycles. The number of anilines is 2. The normalized spacial score (nSPS) is 10.0. The van der Waals surface area contributed by atoms with Gasteiger partial charge in [-0.25, -0.2) is 4.98 Å². The quantitative estimate of drug-likeness (QED) is 0.573. The van der Waals surface area contributed by atoms with Crippen LogP contribution >= 0.6 is 11.6 Å². The summed E-state index contributed by atoms with van der Waals surface area (Å²) in [6.45, 7) is 3.44. The first-order valence-electron chi connectivity index (χ1n) is 7.20. The van der Waals surface area contributed by atoms with Crippen molar-refractivity contribution in [1.29, 1.82) is 10.7 Å². The molecular formula is C17H16ClN5O2. The van der Waals surface area contributed by atoms with Crippen molar-refractivity contribution in [2.45, 2.75) is 13.8 Å². The number of carbonyl (C=O) groups excluding carboxylic acids is 1. The van der Waals surface area contributed by atoms with Crippen molar-refractivity contribution < 1.29 is 9.53 Å². The summed E-state index contributed by atoms with van der Waals surface area (Å²) in [6.07, 6.45) is 0. The average molecular weight is 358 g/mol. The number of nitrogens with zero attached hydrogens (tertiary/aromatic N) is 2. The maximum absolute atomic E-state index is 12.6. The number of pyridine rings is 1. The summed E-state index contributed by atoms with van der Waals surface area (Å²) in [4.78, 5) is 16.7. The van der Waals surface area contributed by atoms with Gasteiger partial charge in [-0.15, -0.1) is 0 Å². The minimum atomic E-state index is -0.472. The van der Waals surface area contributed by atoms with Crippen LogP contribution in [0.1, 0.15) is 32.7 Å². The van der Waals surface area contributed by atoms with Gasteiger partial charge in [-0.2, -0.15) is 5.26 Å². The van der Waals surface area contributed by atoms with Gasteiger partial charge in [0.15, 0.2) is 0 Å². The third-order valence-electron chi connectivity index (χ3n) is 3.79. The van der Waals surface area contributed by atoms with Crippen LogP contribution in [0, 0.1) is 30.6 Å². The van der Waals surface area contributed by atoms with E-state index in [1.165, 1.54) is 13.2 Å². The molecule has 0 atom stereocenters.